The van der Waals surface area contributed by atoms with Crippen molar-refractivity contribution >= 4 is 11.0 Å². The standard InChI is InChI=1S/C17H21NO/c1-4-6-7-8-15(18-5-2)17-12-14-11-13(3)9-10-16(14)19-17/h1,9-12,15,18H,5-8H2,2-3H3. The van der Waals surface area contributed by atoms with Gasteiger partial charge in [-0.1, -0.05) is 18.6 Å². The van der Waals surface area contributed by atoms with E-state index in [9.17, 15) is 0 Å². The summed E-state index contributed by atoms with van der Waals surface area (Å²) < 4.78 is 5.95. The molecule has 1 N–H and O–H groups in total. The lowest BCUT2D eigenvalue weighted by atomic mass is 10.1. The number of furan rings is 1. The van der Waals surface area contributed by atoms with Crippen molar-refractivity contribution in [3.63, 3.8) is 0 Å². The summed E-state index contributed by atoms with van der Waals surface area (Å²) in [5.74, 6) is 3.71. The summed E-state index contributed by atoms with van der Waals surface area (Å²) in [5.41, 5.74) is 2.22. The SMILES string of the molecule is C#CCCCC(NCC)c1cc2cc(C)ccc2o1. The maximum Gasteiger partial charge on any atom is 0.134 e. The van der Waals surface area contributed by atoms with Crippen LogP contribution in [-0.4, -0.2) is 6.54 Å². The molecule has 1 aromatic heterocycles. The van der Waals surface area contributed by atoms with E-state index in [1.165, 1.54) is 10.9 Å². The van der Waals surface area contributed by atoms with Crippen LogP contribution in [0.25, 0.3) is 11.0 Å². The van der Waals surface area contributed by atoms with Crippen LogP contribution in [0.15, 0.2) is 28.7 Å². The van der Waals surface area contributed by atoms with Crippen LogP contribution in [0.5, 0.6) is 0 Å². The highest BCUT2D eigenvalue weighted by molar-refractivity contribution is 5.78. The second-order valence-corrected chi connectivity index (χ2v) is 4.90. The molecule has 1 unspecified atom stereocenters. The van der Waals surface area contributed by atoms with Crippen LogP contribution in [0, 0.1) is 19.3 Å². The molecule has 1 atom stereocenters. The Morgan fingerprint density at radius 2 is 2.21 bits per heavy atom. The van der Waals surface area contributed by atoms with Crippen molar-refractivity contribution in [1.29, 1.82) is 0 Å². The van der Waals surface area contributed by atoms with E-state index in [2.05, 4.69) is 43.3 Å². The summed E-state index contributed by atoms with van der Waals surface area (Å²) >= 11 is 0. The van der Waals surface area contributed by atoms with E-state index in [1.807, 2.05) is 6.07 Å². The number of fused-ring (bicyclic) bond motifs is 1. The first kappa shape index (κ1) is 13.7. The van der Waals surface area contributed by atoms with Crippen molar-refractivity contribution in [3.8, 4) is 12.3 Å². The van der Waals surface area contributed by atoms with Crippen LogP contribution in [0.4, 0.5) is 0 Å². The van der Waals surface area contributed by atoms with Gasteiger partial charge in [0, 0.05) is 11.8 Å². The number of aryl methyl sites for hydroxylation is 1. The molecule has 1 heterocycles. The van der Waals surface area contributed by atoms with Gasteiger partial charge in [0.1, 0.15) is 11.3 Å². The van der Waals surface area contributed by atoms with Gasteiger partial charge in [-0.25, -0.2) is 0 Å². The summed E-state index contributed by atoms with van der Waals surface area (Å²) in [6.07, 6.45) is 8.16. The molecule has 1 aromatic carbocycles. The maximum atomic E-state index is 5.95. The zero-order valence-corrected chi connectivity index (χ0v) is 11.7. The van der Waals surface area contributed by atoms with Crippen LogP contribution in [0.1, 0.15) is 43.6 Å². The van der Waals surface area contributed by atoms with Crippen LogP contribution in [0.3, 0.4) is 0 Å². The molecular formula is C17H21NO. The lowest BCUT2D eigenvalue weighted by Crippen LogP contribution is -2.20. The first-order valence-corrected chi connectivity index (χ1v) is 6.91. The number of terminal acetylenes is 1. The van der Waals surface area contributed by atoms with Crippen molar-refractivity contribution in [1.82, 2.24) is 5.32 Å². The molecule has 2 aromatic rings. The Hall–Kier alpha value is -1.72. The average molecular weight is 255 g/mol. The maximum absolute atomic E-state index is 5.95. The summed E-state index contributed by atoms with van der Waals surface area (Å²) in [6.45, 7) is 5.14. The van der Waals surface area contributed by atoms with E-state index in [0.29, 0.717) is 0 Å². The third kappa shape index (κ3) is 3.39. The van der Waals surface area contributed by atoms with Crippen LogP contribution in [0.2, 0.25) is 0 Å². The fraction of sp³-hybridized carbons (Fsp3) is 0.412. The minimum absolute atomic E-state index is 0.256. The van der Waals surface area contributed by atoms with Gasteiger partial charge in [-0.05, 0) is 44.5 Å². The molecular weight excluding hydrogens is 234 g/mol. The summed E-state index contributed by atoms with van der Waals surface area (Å²) in [6, 6.07) is 8.68. The van der Waals surface area contributed by atoms with Crippen LogP contribution in [-0.2, 0) is 0 Å². The van der Waals surface area contributed by atoms with E-state index in [1.54, 1.807) is 0 Å². The lowest BCUT2D eigenvalue weighted by Gasteiger charge is -2.14. The molecule has 2 nitrogen and oxygen atoms in total. The molecule has 2 heteroatoms. The van der Waals surface area contributed by atoms with E-state index in [0.717, 1.165) is 37.2 Å². The Kier molecular flexibility index (Phi) is 4.65. The molecule has 0 aliphatic carbocycles. The molecule has 0 aliphatic rings. The third-order valence-corrected chi connectivity index (χ3v) is 3.30. The number of hydrogen-bond donors (Lipinski definition) is 1. The number of nitrogens with one attached hydrogen (secondary N) is 1. The minimum atomic E-state index is 0.256. The fourth-order valence-corrected chi connectivity index (χ4v) is 2.35. The molecule has 0 aliphatic heterocycles. The van der Waals surface area contributed by atoms with Crippen LogP contribution >= 0.6 is 0 Å². The molecule has 0 spiro atoms. The molecule has 0 bridgehead atoms. The van der Waals surface area contributed by atoms with Gasteiger partial charge in [-0.3, -0.25) is 0 Å². The first-order chi connectivity index (χ1) is 9.24. The number of hydrogen-bond acceptors (Lipinski definition) is 2. The van der Waals surface area contributed by atoms with Crippen molar-refractivity contribution in [2.45, 2.75) is 39.2 Å². The molecule has 19 heavy (non-hydrogen) atoms. The Morgan fingerprint density at radius 1 is 1.37 bits per heavy atom. The molecule has 0 radical (unpaired) electrons. The predicted octanol–water partition coefficient (Wildman–Crippen LogP) is 4.20. The molecule has 100 valence electrons. The molecule has 2 rings (SSSR count). The van der Waals surface area contributed by atoms with Gasteiger partial charge in [0.15, 0.2) is 0 Å². The van der Waals surface area contributed by atoms with E-state index in [-0.39, 0.29) is 6.04 Å². The monoisotopic (exact) mass is 255 g/mol. The summed E-state index contributed by atoms with van der Waals surface area (Å²) in [5, 5.41) is 4.65. The number of rotatable bonds is 6. The highest BCUT2D eigenvalue weighted by Crippen LogP contribution is 2.27. The highest BCUT2D eigenvalue weighted by Gasteiger charge is 2.14. The Balaban J connectivity index is 2.20. The summed E-state index contributed by atoms with van der Waals surface area (Å²) in [7, 11) is 0. The number of benzene rings is 1. The zero-order valence-electron chi connectivity index (χ0n) is 11.7. The summed E-state index contributed by atoms with van der Waals surface area (Å²) in [4.78, 5) is 0. The number of unbranched alkanes of at least 4 members (excludes halogenated alkanes) is 1. The van der Waals surface area contributed by atoms with Gasteiger partial charge < -0.3 is 9.73 Å². The van der Waals surface area contributed by atoms with E-state index < -0.39 is 0 Å². The third-order valence-electron chi connectivity index (χ3n) is 3.30. The van der Waals surface area contributed by atoms with Crippen molar-refractivity contribution in [3.05, 3.63) is 35.6 Å². The smallest absolute Gasteiger partial charge is 0.134 e. The van der Waals surface area contributed by atoms with Gasteiger partial charge in [0.2, 0.25) is 0 Å². The molecule has 0 saturated heterocycles. The van der Waals surface area contributed by atoms with Gasteiger partial charge in [0.25, 0.3) is 0 Å². The Morgan fingerprint density at radius 3 is 2.95 bits per heavy atom. The largest absolute Gasteiger partial charge is 0.459 e. The van der Waals surface area contributed by atoms with Gasteiger partial charge >= 0.3 is 0 Å². The predicted molar refractivity (Wildman–Crippen MR) is 80.1 cm³/mol. The van der Waals surface area contributed by atoms with E-state index >= 15 is 0 Å². The first-order valence-electron chi connectivity index (χ1n) is 6.91. The Bertz CT molecular complexity index is 576. The average Bonchev–Trinajstić information content (AvgIpc) is 2.80. The van der Waals surface area contributed by atoms with Crippen molar-refractivity contribution < 1.29 is 4.42 Å². The van der Waals surface area contributed by atoms with Crippen molar-refractivity contribution in [2.24, 2.45) is 0 Å². The fourth-order valence-electron chi connectivity index (χ4n) is 2.35. The second-order valence-electron chi connectivity index (χ2n) is 4.90. The van der Waals surface area contributed by atoms with E-state index in [4.69, 9.17) is 10.8 Å². The highest BCUT2D eigenvalue weighted by atomic mass is 16.3. The Labute approximate surface area is 115 Å². The van der Waals surface area contributed by atoms with Crippen molar-refractivity contribution in [2.75, 3.05) is 6.54 Å². The van der Waals surface area contributed by atoms with Gasteiger partial charge in [0.05, 0.1) is 6.04 Å². The quantitative estimate of drug-likeness (QED) is 0.618. The molecule has 0 saturated carbocycles. The second kappa shape index (κ2) is 6.45. The van der Waals surface area contributed by atoms with Gasteiger partial charge in [-0.2, -0.15) is 0 Å². The van der Waals surface area contributed by atoms with Crippen LogP contribution < -0.4 is 5.32 Å². The topological polar surface area (TPSA) is 25.2 Å². The van der Waals surface area contributed by atoms with Gasteiger partial charge in [-0.15, -0.1) is 12.3 Å². The lowest BCUT2D eigenvalue weighted by molar-refractivity contribution is 0.411. The minimum Gasteiger partial charge on any atom is -0.459 e. The molecule has 0 amide bonds. The zero-order chi connectivity index (χ0) is 13.7. The normalized spacial score (nSPS) is 12.5. The molecule has 0 fully saturated rings.